The van der Waals surface area contributed by atoms with Gasteiger partial charge in [0.25, 0.3) is 0 Å². The van der Waals surface area contributed by atoms with E-state index in [0.717, 1.165) is 4.57 Å². The van der Waals surface area contributed by atoms with Crippen molar-refractivity contribution in [2.45, 2.75) is 19.6 Å². The minimum absolute atomic E-state index is 0.158. The maximum atomic E-state index is 13.3. The maximum Gasteiger partial charge on any atom is 0.319 e. The Bertz CT molecular complexity index is 511. The van der Waals surface area contributed by atoms with Crippen LogP contribution in [0.4, 0.5) is 13.2 Å². The van der Waals surface area contributed by atoms with Gasteiger partial charge in [0.15, 0.2) is 0 Å². The summed E-state index contributed by atoms with van der Waals surface area (Å²) in [7, 11) is 0. The number of benzene rings is 1. The first-order valence-electron chi connectivity index (χ1n) is 5.42. The van der Waals surface area contributed by atoms with Crippen LogP contribution in [0, 0.1) is 5.82 Å². The van der Waals surface area contributed by atoms with E-state index < -0.39 is 6.55 Å². The highest BCUT2D eigenvalue weighted by Gasteiger charge is 2.10. The van der Waals surface area contributed by atoms with E-state index in [1.807, 2.05) is 0 Å². The molecule has 0 fully saturated rings. The summed E-state index contributed by atoms with van der Waals surface area (Å²) in [6.45, 7) is -2.19. The van der Waals surface area contributed by atoms with E-state index in [0.29, 0.717) is 5.56 Å². The number of alkyl halides is 2. The first-order valence-corrected chi connectivity index (χ1v) is 5.42. The molecule has 1 aromatic carbocycles. The second-order valence-electron chi connectivity index (χ2n) is 3.72. The van der Waals surface area contributed by atoms with E-state index in [1.165, 1.54) is 18.5 Å². The van der Waals surface area contributed by atoms with Crippen LogP contribution in [-0.2, 0) is 13.1 Å². The molecule has 0 bridgehead atoms. The van der Waals surface area contributed by atoms with Crippen LogP contribution in [0.25, 0.3) is 0 Å². The SMILES string of the molecule is Fc1ccccc1CNCc1nccn1C(F)F. The average Bonchev–Trinajstić information content (AvgIpc) is 2.80. The lowest BCUT2D eigenvalue weighted by molar-refractivity contribution is 0.0666. The Morgan fingerprint density at radius 2 is 2.00 bits per heavy atom. The molecule has 0 aliphatic carbocycles. The third-order valence-corrected chi connectivity index (χ3v) is 2.52. The number of hydrogen-bond donors (Lipinski definition) is 1. The van der Waals surface area contributed by atoms with Crippen molar-refractivity contribution >= 4 is 0 Å². The van der Waals surface area contributed by atoms with Gasteiger partial charge in [0, 0.05) is 24.5 Å². The van der Waals surface area contributed by atoms with Crippen molar-refractivity contribution in [1.82, 2.24) is 14.9 Å². The second-order valence-corrected chi connectivity index (χ2v) is 3.72. The number of nitrogens with zero attached hydrogens (tertiary/aromatic N) is 2. The molecule has 0 saturated carbocycles. The minimum Gasteiger partial charge on any atom is -0.306 e. The van der Waals surface area contributed by atoms with Crippen LogP contribution in [-0.4, -0.2) is 9.55 Å². The average molecular weight is 255 g/mol. The fourth-order valence-corrected chi connectivity index (χ4v) is 1.61. The molecule has 6 heteroatoms. The zero-order valence-corrected chi connectivity index (χ0v) is 9.48. The molecule has 0 atom stereocenters. The lowest BCUT2D eigenvalue weighted by Crippen LogP contribution is -2.17. The first kappa shape index (κ1) is 12.6. The number of aromatic nitrogens is 2. The summed E-state index contributed by atoms with van der Waals surface area (Å²) in [5.41, 5.74) is 0.493. The van der Waals surface area contributed by atoms with Crippen LogP contribution < -0.4 is 5.32 Å². The van der Waals surface area contributed by atoms with Gasteiger partial charge in [0.1, 0.15) is 11.6 Å². The van der Waals surface area contributed by atoms with E-state index in [2.05, 4.69) is 10.3 Å². The smallest absolute Gasteiger partial charge is 0.306 e. The van der Waals surface area contributed by atoms with Gasteiger partial charge in [0.2, 0.25) is 0 Å². The van der Waals surface area contributed by atoms with Crippen LogP contribution in [0.1, 0.15) is 17.9 Å². The van der Waals surface area contributed by atoms with Crippen molar-refractivity contribution in [3.8, 4) is 0 Å². The maximum absolute atomic E-state index is 13.3. The molecule has 0 unspecified atom stereocenters. The Morgan fingerprint density at radius 1 is 1.22 bits per heavy atom. The molecule has 0 aliphatic heterocycles. The number of rotatable bonds is 5. The molecular formula is C12H12F3N3. The number of imidazole rings is 1. The number of hydrogen-bond acceptors (Lipinski definition) is 2. The molecular weight excluding hydrogens is 243 g/mol. The lowest BCUT2D eigenvalue weighted by Gasteiger charge is -2.08. The van der Waals surface area contributed by atoms with Crippen LogP contribution in [0.3, 0.4) is 0 Å². The molecule has 0 spiro atoms. The van der Waals surface area contributed by atoms with E-state index in [4.69, 9.17) is 0 Å². The van der Waals surface area contributed by atoms with Crippen LogP contribution in [0.2, 0.25) is 0 Å². The van der Waals surface area contributed by atoms with Gasteiger partial charge >= 0.3 is 6.55 Å². The van der Waals surface area contributed by atoms with Crippen molar-refractivity contribution in [3.05, 3.63) is 53.9 Å². The second kappa shape index (κ2) is 5.68. The van der Waals surface area contributed by atoms with Crippen molar-refractivity contribution in [1.29, 1.82) is 0 Å². The Kier molecular flexibility index (Phi) is 3.99. The third-order valence-electron chi connectivity index (χ3n) is 2.52. The molecule has 96 valence electrons. The lowest BCUT2D eigenvalue weighted by atomic mass is 10.2. The first-order chi connectivity index (χ1) is 8.68. The fourth-order valence-electron chi connectivity index (χ4n) is 1.61. The summed E-state index contributed by atoms with van der Waals surface area (Å²) in [6.07, 6.45) is 2.52. The minimum atomic E-state index is -2.61. The standard InChI is InChI=1S/C12H12F3N3/c13-10-4-2-1-3-9(10)7-16-8-11-17-5-6-18(11)12(14)15/h1-6,12,16H,7-8H2. The quantitative estimate of drug-likeness (QED) is 0.890. The Balaban J connectivity index is 1.93. The summed E-state index contributed by atoms with van der Waals surface area (Å²) in [5.74, 6) is -0.0939. The van der Waals surface area contributed by atoms with E-state index in [-0.39, 0.29) is 24.7 Å². The van der Waals surface area contributed by atoms with Gasteiger partial charge in [-0.2, -0.15) is 8.78 Å². The summed E-state index contributed by atoms with van der Waals surface area (Å²) < 4.78 is 39.1. The molecule has 1 heterocycles. The van der Waals surface area contributed by atoms with Gasteiger partial charge in [-0.1, -0.05) is 18.2 Å². The van der Waals surface area contributed by atoms with Crippen molar-refractivity contribution in [3.63, 3.8) is 0 Å². The molecule has 3 nitrogen and oxygen atoms in total. The van der Waals surface area contributed by atoms with Gasteiger partial charge in [-0.3, -0.25) is 4.57 Å². The van der Waals surface area contributed by atoms with Crippen molar-refractivity contribution in [2.75, 3.05) is 0 Å². The highest BCUT2D eigenvalue weighted by molar-refractivity contribution is 5.16. The molecule has 1 N–H and O–H groups in total. The van der Waals surface area contributed by atoms with Gasteiger partial charge in [-0.25, -0.2) is 9.37 Å². The molecule has 0 saturated heterocycles. The van der Waals surface area contributed by atoms with Gasteiger partial charge < -0.3 is 5.32 Å². The van der Waals surface area contributed by atoms with Crippen LogP contribution in [0.15, 0.2) is 36.7 Å². The van der Waals surface area contributed by atoms with Gasteiger partial charge in [0.05, 0.1) is 6.54 Å². The zero-order chi connectivity index (χ0) is 13.0. The zero-order valence-electron chi connectivity index (χ0n) is 9.48. The molecule has 1 aromatic heterocycles. The summed E-state index contributed by atoms with van der Waals surface area (Å²) in [5, 5.41) is 2.88. The van der Waals surface area contributed by atoms with E-state index >= 15 is 0 Å². The van der Waals surface area contributed by atoms with Crippen molar-refractivity contribution < 1.29 is 13.2 Å². The molecule has 0 radical (unpaired) electrons. The topological polar surface area (TPSA) is 29.9 Å². The molecule has 18 heavy (non-hydrogen) atoms. The largest absolute Gasteiger partial charge is 0.319 e. The van der Waals surface area contributed by atoms with Crippen LogP contribution >= 0.6 is 0 Å². The molecule has 0 amide bonds. The third kappa shape index (κ3) is 2.89. The van der Waals surface area contributed by atoms with Crippen molar-refractivity contribution in [2.24, 2.45) is 0 Å². The Morgan fingerprint density at radius 3 is 2.72 bits per heavy atom. The fraction of sp³-hybridized carbons (Fsp3) is 0.250. The van der Waals surface area contributed by atoms with E-state index in [9.17, 15) is 13.2 Å². The normalized spacial score (nSPS) is 11.1. The predicted molar refractivity (Wildman–Crippen MR) is 60.4 cm³/mol. The van der Waals surface area contributed by atoms with Gasteiger partial charge in [-0.05, 0) is 6.07 Å². The number of nitrogens with one attached hydrogen (secondary N) is 1. The summed E-state index contributed by atoms with van der Waals surface area (Å²) in [4.78, 5) is 3.82. The van der Waals surface area contributed by atoms with E-state index in [1.54, 1.807) is 18.2 Å². The van der Waals surface area contributed by atoms with Crippen LogP contribution in [0.5, 0.6) is 0 Å². The number of halogens is 3. The highest BCUT2D eigenvalue weighted by atomic mass is 19.3. The molecule has 0 aliphatic rings. The monoisotopic (exact) mass is 255 g/mol. The molecule has 2 aromatic rings. The Hall–Kier alpha value is -1.82. The van der Waals surface area contributed by atoms with Gasteiger partial charge in [-0.15, -0.1) is 0 Å². The predicted octanol–water partition coefficient (Wildman–Crippen LogP) is 2.71. The highest BCUT2D eigenvalue weighted by Crippen LogP contribution is 2.12. The Labute approximate surface area is 102 Å². The summed E-state index contributed by atoms with van der Waals surface area (Å²) >= 11 is 0. The summed E-state index contributed by atoms with van der Waals surface area (Å²) in [6, 6.07) is 6.32. The molecule has 2 rings (SSSR count).